The molecular weight excluding hydrogens is 448 g/mol. The predicted octanol–water partition coefficient (Wildman–Crippen LogP) is 2.64. The first-order valence-electron chi connectivity index (χ1n) is 10.6. The Morgan fingerprint density at radius 2 is 1.47 bits per heavy atom. The van der Waals surface area contributed by atoms with Crippen molar-refractivity contribution in [2.24, 2.45) is 0 Å². The van der Waals surface area contributed by atoms with Crippen LogP contribution in [0.4, 0.5) is 5.69 Å². The van der Waals surface area contributed by atoms with Gasteiger partial charge in [0.05, 0.1) is 17.8 Å². The van der Waals surface area contributed by atoms with Crippen molar-refractivity contribution < 1.29 is 4.79 Å². The van der Waals surface area contributed by atoms with Gasteiger partial charge in [-0.15, -0.1) is 0 Å². The number of para-hydroxylation sites is 1. The summed E-state index contributed by atoms with van der Waals surface area (Å²) in [5.74, 6) is -0.264. The zero-order valence-corrected chi connectivity index (χ0v) is 18.5. The highest BCUT2D eigenvalue weighted by Crippen LogP contribution is 2.36. The van der Waals surface area contributed by atoms with Crippen LogP contribution in [0, 0.1) is 0 Å². The SMILES string of the molecule is O=C1/C(=c2/sc3nc(=O)c(-c4ccccc4)nn3c2=O)c2ccccc2N1Cc1ccccc1. The molecule has 0 aliphatic carbocycles. The van der Waals surface area contributed by atoms with Crippen molar-refractivity contribution in [1.82, 2.24) is 14.6 Å². The molecule has 2 aromatic heterocycles. The fourth-order valence-electron chi connectivity index (χ4n) is 4.16. The van der Waals surface area contributed by atoms with E-state index in [1.165, 1.54) is 0 Å². The van der Waals surface area contributed by atoms with Crippen LogP contribution in [0.25, 0.3) is 21.8 Å². The van der Waals surface area contributed by atoms with Gasteiger partial charge in [0.15, 0.2) is 5.69 Å². The Balaban J connectivity index is 1.57. The lowest BCUT2D eigenvalue weighted by Crippen LogP contribution is -2.32. The Morgan fingerprint density at radius 1 is 0.794 bits per heavy atom. The first kappa shape index (κ1) is 20.2. The lowest BCUT2D eigenvalue weighted by atomic mass is 10.1. The average Bonchev–Trinajstić information content (AvgIpc) is 3.32. The highest BCUT2D eigenvalue weighted by atomic mass is 32.1. The summed E-state index contributed by atoms with van der Waals surface area (Å²) in [5, 5.41) is 4.31. The summed E-state index contributed by atoms with van der Waals surface area (Å²) in [7, 11) is 0. The molecule has 0 saturated carbocycles. The second kappa shape index (κ2) is 7.86. The summed E-state index contributed by atoms with van der Waals surface area (Å²) in [6.07, 6.45) is 0. The molecule has 0 radical (unpaired) electrons. The molecule has 0 fully saturated rings. The monoisotopic (exact) mass is 464 g/mol. The molecule has 164 valence electrons. The van der Waals surface area contributed by atoms with Crippen LogP contribution in [0.2, 0.25) is 0 Å². The largest absolute Gasteiger partial charge is 0.303 e. The number of thiazole rings is 1. The number of hydrogen-bond donors (Lipinski definition) is 0. The van der Waals surface area contributed by atoms with E-state index in [2.05, 4.69) is 10.1 Å². The minimum Gasteiger partial charge on any atom is -0.303 e. The van der Waals surface area contributed by atoms with Gasteiger partial charge in [0.25, 0.3) is 11.5 Å². The molecule has 0 bridgehead atoms. The minimum absolute atomic E-state index is 0.0911. The topological polar surface area (TPSA) is 84.6 Å². The molecule has 1 amide bonds. The van der Waals surface area contributed by atoms with Crippen molar-refractivity contribution >= 4 is 33.5 Å². The third-order valence-electron chi connectivity index (χ3n) is 5.74. The first-order chi connectivity index (χ1) is 16.6. The Hall–Kier alpha value is -4.43. The van der Waals surface area contributed by atoms with Crippen LogP contribution >= 0.6 is 11.3 Å². The lowest BCUT2D eigenvalue weighted by Gasteiger charge is -2.17. The number of hydrogen-bond acceptors (Lipinski definition) is 6. The molecule has 0 unspecified atom stereocenters. The van der Waals surface area contributed by atoms with Crippen LogP contribution in [0.15, 0.2) is 94.5 Å². The van der Waals surface area contributed by atoms with Crippen molar-refractivity contribution in [3.8, 4) is 11.3 Å². The van der Waals surface area contributed by atoms with Gasteiger partial charge in [0.2, 0.25) is 4.96 Å². The fourth-order valence-corrected chi connectivity index (χ4v) is 5.15. The highest BCUT2D eigenvalue weighted by molar-refractivity contribution is 7.15. The van der Waals surface area contributed by atoms with Crippen LogP contribution in [-0.4, -0.2) is 20.5 Å². The van der Waals surface area contributed by atoms with Crippen LogP contribution in [0.5, 0.6) is 0 Å². The van der Waals surface area contributed by atoms with Gasteiger partial charge in [-0.05, 0) is 11.6 Å². The van der Waals surface area contributed by atoms with Crippen LogP contribution in [0.1, 0.15) is 11.1 Å². The van der Waals surface area contributed by atoms with E-state index in [4.69, 9.17) is 0 Å². The molecule has 3 aromatic carbocycles. The zero-order valence-electron chi connectivity index (χ0n) is 17.7. The maximum Gasteiger partial charge on any atom is 0.300 e. The van der Waals surface area contributed by atoms with E-state index < -0.39 is 11.1 Å². The smallest absolute Gasteiger partial charge is 0.300 e. The van der Waals surface area contributed by atoms with Crippen LogP contribution in [0.3, 0.4) is 0 Å². The maximum atomic E-state index is 13.6. The molecular formula is C26H16N4O3S. The van der Waals surface area contributed by atoms with Crippen molar-refractivity contribution in [2.75, 3.05) is 4.90 Å². The zero-order chi connectivity index (χ0) is 23.2. The normalized spacial score (nSPS) is 14.6. The molecule has 0 saturated heterocycles. The number of rotatable bonds is 3. The summed E-state index contributed by atoms with van der Waals surface area (Å²) >= 11 is 1.01. The van der Waals surface area contributed by atoms with Gasteiger partial charge in [-0.2, -0.15) is 14.6 Å². The molecule has 8 heteroatoms. The summed E-state index contributed by atoms with van der Waals surface area (Å²) in [4.78, 5) is 45.6. The first-order valence-corrected chi connectivity index (χ1v) is 11.4. The molecule has 0 atom stereocenters. The van der Waals surface area contributed by atoms with Crippen LogP contribution < -0.4 is 20.6 Å². The number of carbonyl (C=O) groups excluding carboxylic acids is 1. The molecule has 5 aromatic rings. The van der Waals surface area contributed by atoms with E-state index >= 15 is 0 Å². The maximum absolute atomic E-state index is 13.6. The summed E-state index contributed by atoms with van der Waals surface area (Å²) < 4.78 is 1.34. The van der Waals surface area contributed by atoms with E-state index in [1.54, 1.807) is 29.2 Å². The Bertz CT molecular complexity index is 1740. The number of amides is 1. The number of benzene rings is 3. The molecule has 7 nitrogen and oxygen atoms in total. The van der Waals surface area contributed by atoms with Gasteiger partial charge in [-0.25, -0.2) is 0 Å². The van der Waals surface area contributed by atoms with Gasteiger partial charge in [-0.3, -0.25) is 14.4 Å². The van der Waals surface area contributed by atoms with Crippen molar-refractivity contribution in [1.29, 1.82) is 0 Å². The highest BCUT2D eigenvalue weighted by Gasteiger charge is 2.34. The van der Waals surface area contributed by atoms with Gasteiger partial charge in [0, 0.05) is 11.1 Å². The van der Waals surface area contributed by atoms with E-state index in [9.17, 15) is 14.4 Å². The Morgan fingerprint density at radius 3 is 2.24 bits per heavy atom. The van der Waals surface area contributed by atoms with E-state index in [1.807, 2.05) is 60.7 Å². The lowest BCUT2D eigenvalue weighted by molar-refractivity contribution is -0.113. The minimum atomic E-state index is -0.521. The second-order valence-electron chi connectivity index (χ2n) is 7.83. The number of fused-ring (bicyclic) bond motifs is 2. The van der Waals surface area contributed by atoms with E-state index in [0.717, 1.165) is 27.1 Å². The number of aromatic nitrogens is 3. The van der Waals surface area contributed by atoms with Crippen molar-refractivity contribution in [3.63, 3.8) is 0 Å². The molecule has 6 rings (SSSR count). The molecule has 1 aliphatic rings. The summed E-state index contributed by atoms with van der Waals surface area (Å²) in [6.45, 7) is 0.381. The summed E-state index contributed by atoms with van der Waals surface area (Å²) in [6, 6.07) is 26.0. The standard InChI is InChI=1S/C26H16N4O3S/c31-23-21(17-11-5-2-6-12-17)28-30-25(33)22(34-26(30)27-23)20-18-13-7-8-14-19(18)29(24(20)32)15-16-9-3-1-4-10-16/h1-14H,15H2/b22-20+. The third-order valence-corrected chi connectivity index (χ3v) is 6.77. The van der Waals surface area contributed by atoms with Crippen molar-refractivity contribution in [3.05, 3.63) is 121 Å². The quantitative estimate of drug-likeness (QED) is 0.410. The van der Waals surface area contributed by atoms with Gasteiger partial charge < -0.3 is 4.90 Å². The van der Waals surface area contributed by atoms with E-state index in [-0.39, 0.29) is 21.1 Å². The van der Waals surface area contributed by atoms with Gasteiger partial charge >= 0.3 is 5.56 Å². The Labute approximate surface area is 196 Å². The number of nitrogens with zero attached hydrogens (tertiary/aromatic N) is 4. The fraction of sp³-hybridized carbons (Fsp3) is 0.0385. The average molecular weight is 465 g/mol. The number of anilines is 1. The number of carbonyl (C=O) groups is 1. The second-order valence-corrected chi connectivity index (χ2v) is 8.81. The third kappa shape index (κ3) is 3.15. The van der Waals surface area contributed by atoms with Crippen LogP contribution in [-0.2, 0) is 11.3 Å². The molecule has 0 N–H and O–H groups in total. The van der Waals surface area contributed by atoms with E-state index in [0.29, 0.717) is 23.2 Å². The molecule has 3 heterocycles. The Kier molecular flexibility index (Phi) is 4.67. The molecule has 34 heavy (non-hydrogen) atoms. The molecule has 0 spiro atoms. The van der Waals surface area contributed by atoms with Gasteiger partial charge in [0.1, 0.15) is 4.53 Å². The predicted molar refractivity (Wildman–Crippen MR) is 131 cm³/mol. The van der Waals surface area contributed by atoms with Crippen molar-refractivity contribution in [2.45, 2.75) is 6.54 Å². The molecule has 1 aliphatic heterocycles. The van der Waals surface area contributed by atoms with Gasteiger partial charge in [-0.1, -0.05) is 90.2 Å². The summed E-state index contributed by atoms with van der Waals surface area (Å²) in [5.41, 5.74) is 2.38.